The number of non-ortho nitro benzene ring substituents is 1. The highest BCUT2D eigenvalue weighted by atomic mass is 79.9. The zero-order chi connectivity index (χ0) is 20.8. The molecule has 0 saturated heterocycles. The van der Waals surface area contributed by atoms with Gasteiger partial charge in [-0.1, -0.05) is 21.1 Å². The molecule has 0 unspecified atom stereocenters. The second-order valence-electron chi connectivity index (χ2n) is 5.63. The molecule has 0 amide bonds. The van der Waals surface area contributed by atoms with E-state index in [0.717, 1.165) is 4.47 Å². The molecular formula is C18H14BrN5O5. The van der Waals surface area contributed by atoms with E-state index in [2.05, 4.69) is 26.2 Å². The predicted molar refractivity (Wildman–Crippen MR) is 106 cm³/mol. The summed E-state index contributed by atoms with van der Waals surface area (Å²) in [7, 11) is 0. The van der Waals surface area contributed by atoms with E-state index in [0.29, 0.717) is 11.3 Å². The summed E-state index contributed by atoms with van der Waals surface area (Å²) < 4.78 is 7.91. The van der Waals surface area contributed by atoms with Gasteiger partial charge in [0.25, 0.3) is 5.69 Å². The summed E-state index contributed by atoms with van der Waals surface area (Å²) in [6.45, 7) is 0.100. The van der Waals surface area contributed by atoms with Crippen molar-refractivity contribution in [3.05, 3.63) is 86.6 Å². The Balaban J connectivity index is 1.57. The van der Waals surface area contributed by atoms with Crippen molar-refractivity contribution in [1.82, 2.24) is 9.78 Å². The minimum absolute atomic E-state index is 0.0182. The Morgan fingerprint density at radius 2 is 1.86 bits per heavy atom. The van der Waals surface area contributed by atoms with Crippen molar-refractivity contribution in [2.75, 3.05) is 0 Å². The zero-order valence-electron chi connectivity index (χ0n) is 14.8. The molecule has 3 rings (SSSR count). The van der Waals surface area contributed by atoms with Gasteiger partial charge in [0, 0.05) is 28.4 Å². The molecule has 29 heavy (non-hydrogen) atoms. The lowest BCUT2D eigenvalue weighted by atomic mass is 10.2. The Morgan fingerprint density at radius 1 is 1.17 bits per heavy atom. The van der Waals surface area contributed by atoms with Crippen LogP contribution in [0.2, 0.25) is 0 Å². The number of hydrogen-bond donors (Lipinski definition) is 1. The van der Waals surface area contributed by atoms with Crippen LogP contribution in [0, 0.1) is 10.1 Å². The SMILES string of the molecule is N/C(=N\OC(=O)c1ccn(COc2ccc(Br)cc2)n1)c1ccc([N+](=O)[O-])cc1. The second-order valence-corrected chi connectivity index (χ2v) is 6.54. The van der Waals surface area contributed by atoms with E-state index >= 15 is 0 Å². The average molecular weight is 460 g/mol. The molecular weight excluding hydrogens is 446 g/mol. The lowest BCUT2D eigenvalue weighted by Gasteiger charge is -2.05. The Morgan fingerprint density at radius 3 is 2.52 bits per heavy atom. The molecule has 0 aliphatic rings. The molecule has 2 N–H and O–H groups in total. The highest BCUT2D eigenvalue weighted by Gasteiger charge is 2.13. The molecule has 11 heteroatoms. The van der Waals surface area contributed by atoms with Gasteiger partial charge in [-0.3, -0.25) is 10.1 Å². The third-order valence-corrected chi connectivity index (χ3v) is 4.16. The van der Waals surface area contributed by atoms with Gasteiger partial charge in [-0.25, -0.2) is 9.48 Å². The van der Waals surface area contributed by atoms with Crippen LogP contribution in [0.25, 0.3) is 0 Å². The average Bonchev–Trinajstić information content (AvgIpc) is 3.20. The molecule has 0 spiro atoms. The van der Waals surface area contributed by atoms with E-state index < -0.39 is 10.9 Å². The van der Waals surface area contributed by atoms with Gasteiger partial charge in [-0.05, 0) is 42.5 Å². The van der Waals surface area contributed by atoms with Crippen molar-refractivity contribution in [1.29, 1.82) is 0 Å². The summed E-state index contributed by atoms with van der Waals surface area (Å²) in [5, 5.41) is 18.2. The van der Waals surface area contributed by atoms with Gasteiger partial charge in [-0.2, -0.15) is 5.10 Å². The molecule has 0 fully saturated rings. The van der Waals surface area contributed by atoms with E-state index in [1.54, 1.807) is 18.3 Å². The second kappa shape index (κ2) is 8.97. The number of rotatable bonds is 7. The van der Waals surface area contributed by atoms with Crippen LogP contribution >= 0.6 is 15.9 Å². The number of ether oxygens (including phenoxy) is 1. The summed E-state index contributed by atoms with van der Waals surface area (Å²) in [5.41, 5.74) is 6.03. The molecule has 0 atom stereocenters. The number of nitrogens with zero attached hydrogens (tertiary/aromatic N) is 4. The van der Waals surface area contributed by atoms with E-state index in [1.807, 2.05) is 12.1 Å². The summed E-state index contributed by atoms with van der Waals surface area (Å²) in [5.74, 6) is -0.267. The molecule has 148 valence electrons. The van der Waals surface area contributed by atoms with Crippen molar-refractivity contribution in [2.45, 2.75) is 6.73 Å². The lowest BCUT2D eigenvalue weighted by Crippen LogP contribution is -2.15. The van der Waals surface area contributed by atoms with E-state index in [9.17, 15) is 14.9 Å². The monoisotopic (exact) mass is 459 g/mol. The molecule has 0 saturated carbocycles. The van der Waals surface area contributed by atoms with Gasteiger partial charge in [0.15, 0.2) is 18.3 Å². The summed E-state index contributed by atoms with van der Waals surface area (Å²) in [4.78, 5) is 27.0. The third kappa shape index (κ3) is 5.39. The Labute approximate surface area is 172 Å². The molecule has 0 aliphatic heterocycles. The number of benzene rings is 2. The first-order chi connectivity index (χ1) is 13.9. The summed E-state index contributed by atoms with van der Waals surface area (Å²) in [6, 6.07) is 14.1. The van der Waals surface area contributed by atoms with Gasteiger partial charge < -0.3 is 15.3 Å². The first-order valence-electron chi connectivity index (χ1n) is 8.14. The Kier molecular flexibility index (Phi) is 6.19. The highest BCUT2D eigenvalue weighted by molar-refractivity contribution is 9.10. The van der Waals surface area contributed by atoms with Crippen molar-refractivity contribution in [3.8, 4) is 5.75 Å². The number of nitro groups is 1. The fraction of sp³-hybridized carbons (Fsp3) is 0.0556. The van der Waals surface area contributed by atoms with Crippen molar-refractivity contribution >= 4 is 33.4 Å². The molecule has 10 nitrogen and oxygen atoms in total. The maximum absolute atomic E-state index is 12.1. The number of amidine groups is 1. The number of nitro benzene ring substituents is 1. The van der Waals surface area contributed by atoms with Gasteiger partial charge in [-0.15, -0.1) is 0 Å². The number of halogens is 1. The van der Waals surface area contributed by atoms with E-state index in [-0.39, 0.29) is 23.9 Å². The first kappa shape index (κ1) is 20.0. The summed E-state index contributed by atoms with van der Waals surface area (Å²) in [6.07, 6.45) is 1.55. The number of hydrogen-bond acceptors (Lipinski definition) is 7. The standard InChI is InChI=1S/C18H14BrN5O5/c19-13-3-7-15(8-4-13)28-11-23-10-9-16(21-23)18(25)29-22-17(20)12-1-5-14(6-2-12)24(26)27/h1-10H,11H2,(H2,20,22). The zero-order valence-corrected chi connectivity index (χ0v) is 16.4. The topological polar surface area (TPSA) is 135 Å². The molecule has 1 heterocycles. The van der Waals surface area contributed by atoms with Crippen LogP contribution in [-0.2, 0) is 11.6 Å². The van der Waals surface area contributed by atoms with Crippen LogP contribution in [0.3, 0.4) is 0 Å². The molecule has 0 radical (unpaired) electrons. The number of aromatic nitrogens is 2. The van der Waals surface area contributed by atoms with Crippen LogP contribution in [0.5, 0.6) is 5.75 Å². The minimum atomic E-state index is -0.808. The molecule has 1 aromatic heterocycles. The molecule has 3 aromatic rings. The van der Waals surface area contributed by atoms with Gasteiger partial charge in [0.1, 0.15) is 5.75 Å². The predicted octanol–water partition coefficient (Wildman–Crippen LogP) is 3.07. The van der Waals surface area contributed by atoms with Gasteiger partial charge in [0.05, 0.1) is 4.92 Å². The Hall–Kier alpha value is -3.73. The van der Waals surface area contributed by atoms with Crippen LogP contribution < -0.4 is 10.5 Å². The smallest absolute Gasteiger partial charge is 0.385 e. The number of carbonyl (C=O) groups excluding carboxylic acids is 1. The Bertz CT molecular complexity index is 1050. The number of carbonyl (C=O) groups is 1. The minimum Gasteiger partial charge on any atom is -0.471 e. The molecule has 0 aliphatic carbocycles. The van der Waals surface area contributed by atoms with Crippen molar-refractivity contribution in [2.24, 2.45) is 10.9 Å². The normalized spacial score (nSPS) is 11.1. The van der Waals surface area contributed by atoms with E-state index in [1.165, 1.54) is 35.0 Å². The maximum atomic E-state index is 12.1. The maximum Gasteiger partial charge on any atom is 0.385 e. The first-order valence-corrected chi connectivity index (χ1v) is 8.93. The fourth-order valence-electron chi connectivity index (χ4n) is 2.16. The lowest BCUT2D eigenvalue weighted by molar-refractivity contribution is -0.384. The van der Waals surface area contributed by atoms with Crippen LogP contribution in [0.1, 0.15) is 16.1 Å². The van der Waals surface area contributed by atoms with Crippen LogP contribution in [0.4, 0.5) is 5.69 Å². The highest BCUT2D eigenvalue weighted by Crippen LogP contribution is 2.16. The largest absolute Gasteiger partial charge is 0.471 e. The third-order valence-electron chi connectivity index (χ3n) is 3.63. The number of nitrogens with two attached hydrogens (primary N) is 1. The van der Waals surface area contributed by atoms with Crippen molar-refractivity contribution < 1.29 is 19.3 Å². The fourth-order valence-corrected chi connectivity index (χ4v) is 2.42. The molecule has 2 aromatic carbocycles. The van der Waals surface area contributed by atoms with Gasteiger partial charge in [0.2, 0.25) is 0 Å². The van der Waals surface area contributed by atoms with Gasteiger partial charge >= 0.3 is 5.97 Å². The number of oxime groups is 1. The summed E-state index contributed by atoms with van der Waals surface area (Å²) >= 11 is 3.34. The van der Waals surface area contributed by atoms with E-state index in [4.69, 9.17) is 15.3 Å². The van der Waals surface area contributed by atoms with Crippen molar-refractivity contribution in [3.63, 3.8) is 0 Å². The quantitative estimate of drug-likeness (QED) is 0.188. The van der Waals surface area contributed by atoms with Crippen LogP contribution in [0.15, 0.2) is 70.4 Å². The van der Waals surface area contributed by atoms with Crippen LogP contribution in [-0.4, -0.2) is 26.5 Å². The molecule has 0 bridgehead atoms.